The predicted molar refractivity (Wildman–Crippen MR) is 72.2 cm³/mol. The molecule has 1 heterocycles. The molecule has 1 nitrogen and oxygen atoms in total. The van der Waals surface area contributed by atoms with E-state index in [4.69, 9.17) is 0 Å². The lowest BCUT2D eigenvalue weighted by atomic mass is 10.1. The molecule has 0 amide bonds. The minimum atomic E-state index is -1.03. The molecule has 1 N–H and O–H groups in total. The molecule has 2 aromatic carbocycles. The lowest BCUT2D eigenvalue weighted by molar-refractivity contribution is 0.219. The zero-order valence-corrected chi connectivity index (χ0v) is 10.6. The number of thiophene rings is 1. The smallest absolute Gasteiger partial charge is 0.129 e. The third-order valence-electron chi connectivity index (χ3n) is 2.97. The van der Waals surface area contributed by atoms with E-state index in [-0.39, 0.29) is 11.4 Å². The molecule has 0 aliphatic rings. The van der Waals surface area contributed by atoms with Crippen molar-refractivity contribution in [2.45, 2.75) is 6.10 Å². The van der Waals surface area contributed by atoms with Gasteiger partial charge in [-0.2, -0.15) is 0 Å². The number of rotatable bonds is 2. The van der Waals surface area contributed by atoms with Crippen LogP contribution in [0.4, 0.5) is 8.78 Å². The summed E-state index contributed by atoms with van der Waals surface area (Å²) in [4.78, 5) is 0.603. The van der Waals surface area contributed by atoms with Gasteiger partial charge in [-0.05, 0) is 35.7 Å². The number of halogens is 2. The van der Waals surface area contributed by atoms with Crippen LogP contribution in [-0.2, 0) is 0 Å². The molecule has 19 heavy (non-hydrogen) atoms. The molecule has 1 aromatic heterocycles. The Labute approximate surface area is 112 Å². The maximum atomic E-state index is 13.6. The maximum Gasteiger partial charge on any atom is 0.129 e. The van der Waals surface area contributed by atoms with Gasteiger partial charge in [0.2, 0.25) is 0 Å². The van der Waals surface area contributed by atoms with Crippen LogP contribution in [0.15, 0.2) is 48.5 Å². The molecule has 0 bridgehead atoms. The van der Waals surface area contributed by atoms with E-state index in [1.54, 1.807) is 30.3 Å². The highest BCUT2D eigenvalue weighted by Crippen LogP contribution is 2.34. The molecule has 3 rings (SSSR count). The minimum absolute atomic E-state index is 0.231. The first-order chi connectivity index (χ1) is 9.15. The molecule has 1 atom stereocenters. The first-order valence-electron chi connectivity index (χ1n) is 5.76. The highest BCUT2D eigenvalue weighted by atomic mass is 32.1. The van der Waals surface area contributed by atoms with E-state index in [0.29, 0.717) is 4.88 Å². The second-order valence-electron chi connectivity index (χ2n) is 4.25. The molecule has 3 aromatic rings. The SMILES string of the molecule is OC(c1cc2cc(F)ccc2s1)c1ccccc1F. The fourth-order valence-electron chi connectivity index (χ4n) is 2.02. The van der Waals surface area contributed by atoms with Gasteiger partial charge in [0.25, 0.3) is 0 Å². The van der Waals surface area contributed by atoms with Gasteiger partial charge in [0.15, 0.2) is 0 Å². The Morgan fingerprint density at radius 2 is 1.79 bits per heavy atom. The lowest BCUT2D eigenvalue weighted by Crippen LogP contribution is -1.99. The van der Waals surface area contributed by atoms with Gasteiger partial charge in [-0.25, -0.2) is 8.78 Å². The topological polar surface area (TPSA) is 20.2 Å². The van der Waals surface area contributed by atoms with Gasteiger partial charge < -0.3 is 5.11 Å². The Balaban J connectivity index is 2.07. The summed E-state index contributed by atoms with van der Waals surface area (Å²) in [7, 11) is 0. The molecule has 0 radical (unpaired) electrons. The molecule has 0 saturated carbocycles. The van der Waals surface area contributed by atoms with Crippen molar-refractivity contribution in [3.63, 3.8) is 0 Å². The molecule has 0 spiro atoms. The molecular weight excluding hydrogens is 266 g/mol. The highest BCUT2D eigenvalue weighted by molar-refractivity contribution is 7.19. The van der Waals surface area contributed by atoms with Crippen molar-refractivity contribution in [3.8, 4) is 0 Å². The predicted octanol–water partition coefficient (Wildman–Crippen LogP) is 4.26. The summed E-state index contributed by atoms with van der Waals surface area (Å²) in [5.74, 6) is -0.768. The van der Waals surface area contributed by atoms with Crippen LogP contribution in [0.2, 0.25) is 0 Å². The summed E-state index contributed by atoms with van der Waals surface area (Å²) < 4.78 is 27.6. The monoisotopic (exact) mass is 276 g/mol. The van der Waals surface area contributed by atoms with Crippen LogP contribution in [0.25, 0.3) is 10.1 Å². The molecule has 4 heteroatoms. The number of hydrogen-bond acceptors (Lipinski definition) is 2. The zero-order chi connectivity index (χ0) is 13.4. The van der Waals surface area contributed by atoms with Crippen LogP contribution in [0, 0.1) is 11.6 Å². The van der Waals surface area contributed by atoms with Gasteiger partial charge in [-0.15, -0.1) is 11.3 Å². The molecule has 96 valence electrons. The van der Waals surface area contributed by atoms with Crippen LogP contribution < -0.4 is 0 Å². The first kappa shape index (κ1) is 12.3. The minimum Gasteiger partial charge on any atom is -0.383 e. The summed E-state index contributed by atoms with van der Waals surface area (Å²) in [5.41, 5.74) is 0.231. The van der Waals surface area contributed by atoms with Crippen LogP contribution in [-0.4, -0.2) is 5.11 Å². The summed E-state index contributed by atoms with van der Waals surface area (Å²) in [6, 6.07) is 12.2. The fraction of sp³-hybridized carbons (Fsp3) is 0.0667. The Kier molecular flexibility index (Phi) is 3.05. The molecule has 1 unspecified atom stereocenters. The summed E-state index contributed by atoms with van der Waals surface area (Å²) >= 11 is 1.33. The molecule has 0 aliphatic heterocycles. The maximum absolute atomic E-state index is 13.6. The van der Waals surface area contributed by atoms with Crippen molar-refractivity contribution >= 4 is 21.4 Å². The van der Waals surface area contributed by atoms with Gasteiger partial charge in [0, 0.05) is 15.1 Å². The highest BCUT2D eigenvalue weighted by Gasteiger charge is 2.17. The summed E-state index contributed by atoms with van der Waals surface area (Å²) in [6.45, 7) is 0. The average molecular weight is 276 g/mol. The summed E-state index contributed by atoms with van der Waals surface area (Å²) in [6.07, 6.45) is -1.03. The zero-order valence-electron chi connectivity index (χ0n) is 9.81. The average Bonchev–Trinajstić information content (AvgIpc) is 2.81. The number of fused-ring (bicyclic) bond motifs is 1. The van der Waals surface area contributed by atoms with Crippen LogP contribution in [0.3, 0.4) is 0 Å². The Morgan fingerprint density at radius 3 is 2.58 bits per heavy atom. The van der Waals surface area contributed by atoms with Gasteiger partial charge in [0.05, 0.1) is 0 Å². The van der Waals surface area contributed by atoms with Crippen molar-refractivity contribution in [1.29, 1.82) is 0 Å². The first-order valence-corrected chi connectivity index (χ1v) is 6.58. The van der Waals surface area contributed by atoms with Gasteiger partial charge in [0.1, 0.15) is 17.7 Å². The lowest BCUT2D eigenvalue weighted by Gasteiger charge is -2.09. The van der Waals surface area contributed by atoms with E-state index in [1.807, 2.05) is 0 Å². The third kappa shape index (κ3) is 2.25. The Bertz CT molecular complexity index is 736. The van der Waals surface area contributed by atoms with Crippen molar-refractivity contribution in [3.05, 3.63) is 70.6 Å². The fourth-order valence-corrected chi connectivity index (χ4v) is 3.07. The molecular formula is C15H10F2OS. The van der Waals surface area contributed by atoms with Crippen LogP contribution >= 0.6 is 11.3 Å². The summed E-state index contributed by atoms with van der Waals surface area (Å²) in [5, 5.41) is 10.9. The Morgan fingerprint density at radius 1 is 1.00 bits per heavy atom. The standard InChI is InChI=1S/C15H10F2OS/c16-10-5-6-13-9(7-10)8-14(19-13)15(18)11-3-1-2-4-12(11)17/h1-8,15,18H. The molecule has 0 fully saturated rings. The van der Waals surface area contributed by atoms with Gasteiger partial charge in [-0.3, -0.25) is 0 Å². The van der Waals surface area contributed by atoms with Crippen molar-refractivity contribution < 1.29 is 13.9 Å². The van der Waals surface area contributed by atoms with Crippen molar-refractivity contribution in [1.82, 2.24) is 0 Å². The van der Waals surface area contributed by atoms with Crippen LogP contribution in [0.5, 0.6) is 0 Å². The number of aliphatic hydroxyl groups excluding tert-OH is 1. The normalized spacial score (nSPS) is 12.8. The number of benzene rings is 2. The van der Waals surface area contributed by atoms with E-state index in [2.05, 4.69) is 0 Å². The second-order valence-corrected chi connectivity index (χ2v) is 5.37. The number of aliphatic hydroxyl groups is 1. The van der Waals surface area contributed by atoms with Crippen molar-refractivity contribution in [2.75, 3.05) is 0 Å². The van der Waals surface area contributed by atoms with E-state index in [0.717, 1.165) is 10.1 Å². The quantitative estimate of drug-likeness (QED) is 0.741. The molecule has 0 aliphatic carbocycles. The van der Waals surface area contributed by atoms with E-state index < -0.39 is 11.9 Å². The second kappa shape index (κ2) is 4.72. The van der Waals surface area contributed by atoms with Gasteiger partial charge in [-0.1, -0.05) is 18.2 Å². The van der Waals surface area contributed by atoms with Crippen molar-refractivity contribution in [2.24, 2.45) is 0 Å². The number of hydrogen-bond donors (Lipinski definition) is 1. The largest absolute Gasteiger partial charge is 0.383 e. The van der Waals surface area contributed by atoms with E-state index in [1.165, 1.54) is 29.5 Å². The Hall–Kier alpha value is -1.78. The third-order valence-corrected chi connectivity index (χ3v) is 4.14. The van der Waals surface area contributed by atoms with E-state index in [9.17, 15) is 13.9 Å². The van der Waals surface area contributed by atoms with E-state index >= 15 is 0 Å². The molecule has 0 saturated heterocycles. The van der Waals surface area contributed by atoms with Crippen LogP contribution in [0.1, 0.15) is 16.5 Å². The van der Waals surface area contributed by atoms with Gasteiger partial charge >= 0.3 is 0 Å².